The standard InChI is InChI=1S/C33H27BrN4O9/c1-4-6-15-7-5-8-18(30(15)40)26-17-9-10-19-27(20(17)13-21-28(26)25(39)14-22(34)31(21)41)33(43)36(32(19)42)16-11-23(37(44)45)29(35(2)3)24(12-16)38(46)47/h4-5,7-9,11-12,14,19-20,26-27,40H,1,6,10,13H2,2-3H3/t19-,20+,26+,27-/m0/s1. The van der Waals surface area contributed by atoms with Crippen molar-refractivity contribution in [2.24, 2.45) is 17.8 Å². The van der Waals surface area contributed by atoms with Crippen LogP contribution in [0.1, 0.15) is 29.9 Å². The number of phenolic OH excluding ortho intramolecular Hbond substituents is 1. The summed E-state index contributed by atoms with van der Waals surface area (Å²) < 4.78 is 0.0421. The van der Waals surface area contributed by atoms with E-state index in [0.717, 1.165) is 17.0 Å². The molecule has 47 heavy (non-hydrogen) atoms. The van der Waals surface area contributed by atoms with Crippen molar-refractivity contribution >= 4 is 62.1 Å². The van der Waals surface area contributed by atoms with Crippen molar-refractivity contribution in [3.8, 4) is 5.75 Å². The van der Waals surface area contributed by atoms with E-state index in [1.165, 1.54) is 25.1 Å². The second-order valence-corrected chi connectivity index (χ2v) is 12.8. The van der Waals surface area contributed by atoms with E-state index in [0.29, 0.717) is 23.1 Å². The summed E-state index contributed by atoms with van der Waals surface area (Å²) in [5, 5.41) is 35.4. The molecule has 0 aromatic heterocycles. The molecule has 1 saturated heterocycles. The van der Waals surface area contributed by atoms with E-state index in [1.807, 2.05) is 0 Å². The number of ketones is 2. The van der Waals surface area contributed by atoms with Crippen molar-refractivity contribution < 1.29 is 34.1 Å². The zero-order valence-electron chi connectivity index (χ0n) is 25.1. The van der Waals surface area contributed by atoms with E-state index in [1.54, 1.807) is 30.4 Å². The molecule has 6 rings (SSSR count). The van der Waals surface area contributed by atoms with Gasteiger partial charge in [-0.05, 0) is 46.7 Å². The van der Waals surface area contributed by atoms with Crippen molar-refractivity contribution in [3.63, 3.8) is 0 Å². The van der Waals surface area contributed by atoms with Gasteiger partial charge >= 0.3 is 11.4 Å². The number of hydrogen-bond donors (Lipinski definition) is 1. The molecule has 1 fully saturated rings. The molecule has 1 aliphatic heterocycles. The van der Waals surface area contributed by atoms with Crippen molar-refractivity contribution in [1.82, 2.24) is 0 Å². The van der Waals surface area contributed by atoms with Gasteiger partial charge in [0.25, 0.3) is 0 Å². The first kappa shape index (κ1) is 31.7. The van der Waals surface area contributed by atoms with Crippen LogP contribution < -0.4 is 9.80 Å². The Morgan fingerprint density at radius 1 is 1.06 bits per heavy atom. The minimum Gasteiger partial charge on any atom is -0.507 e. The maximum atomic E-state index is 14.3. The molecular weight excluding hydrogens is 676 g/mol. The van der Waals surface area contributed by atoms with Crippen LogP contribution in [0.25, 0.3) is 0 Å². The van der Waals surface area contributed by atoms with Gasteiger partial charge in [-0.1, -0.05) is 35.9 Å². The predicted octanol–water partition coefficient (Wildman–Crippen LogP) is 4.97. The Kier molecular flexibility index (Phi) is 7.78. The molecule has 2 aromatic rings. The van der Waals surface area contributed by atoms with Crippen LogP contribution in [0, 0.1) is 38.0 Å². The van der Waals surface area contributed by atoms with Crippen LogP contribution in [0.15, 0.2) is 76.3 Å². The third-order valence-corrected chi connectivity index (χ3v) is 9.90. The monoisotopic (exact) mass is 702 g/mol. The first-order chi connectivity index (χ1) is 22.3. The number of benzene rings is 2. The molecule has 13 nitrogen and oxygen atoms in total. The largest absolute Gasteiger partial charge is 0.507 e. The van der Waals surface area contributed by atoms with Gasteiger partial charge in [0.15, 0.2) is 17.3 Å². The number of amides is 2. The first-order valence-electron chi connectivity index (χ1n) is 14.6. The topological polar surface area (TPSA) is 181 Å². The number of nitro groups is 2. The van der Waals surface area contributed by atoms with Crippen LogP contribution in [0.5, 0.6) is 5.75 Å². The number of aromatic hydroxyl groups is 1. The number of hydrogen-bond acceptors (Lipinski definition) is 10. The lowest BCUT2D eigenvalue weighted by molar-refractivity contribution is -0.392. The summed E-state index contributed by atoms with van der Waals surface area (Å²) in [6.45, 7) is 3.73. The van der Waals surface area contributed by atoms with Gasteiger partial charge in [0.2, 0.25) is 11.8 Å². The van der Waals surface area contributed by atoms with E-state index in [2.05, 4.69) is 22.5 Å². The van der Waals surface area contributed by atoms with E-state index in [4.69, 9.17) is 0 Å². The minimum atomic E-state index is -1.04. The molecule has 0 radical (unpaired) electrons. The maximum Gasteiger partial charge on any atom is 0.301 e. The summed E-state index contributed by atoms with van der Waals surface area (Å²) in [5.74, 6) is -6.02. The summed E-state index contributed by atoms with van der Waals surface area (Å²) in [4.78, 5) is 79.6. The van der Waals surface area contributed by atoms with Gasteiger partial charge in [0.1, 0.15) is 5.75 Å². The molecule has 2 amide bonds. The highest BCUT2D eigenvalue weighted by atomic mass is 79.9. The van der Waals surface area contributed by atoms with Crippen LogP contribution in [0.4, 0.5) is 22.7 Å². The van der Waals surface area contributed by atoms with Gasteiger partial charge in [-0.3, -0.25) is 39.4 Å². The van der Waals surface area contributed by atoms with Gasteiger partial charge in [-0.2, -0.15) is 0 Å². The minimum absolute atomic E-state index is 0.0421. The van der Waals surface area contributed by atoms with Gasteiger partial charge < -0.3 is 10.0 Å². The molecule has 0 spiro atoms. The highest BCUT2D eigenvalue weighted by Crippen LogP contribution is 2.57. The number of allylic oxidation sites excluding steroid dienone is 7. The highest BCUT2D eigenvalue weighted by molar-refractivity contribution is 9.12. The third kappa shape index (κ3) is 4.82. The first-order valence-corrected chi connectivity index (χ1v) is 15.4. The Labute approximate surface area is 276 Å². The number of rotatable bonds is 7. The Bertz CT molecular complexity index is 1920. The number of nitrogens with zero attached hydrogens (tertiary/aromatic N) is 4. The van der Waals surface area contributed by atoms with Crippen LogP contribution in [0.2, 0.25) is 0 Å². The van der Waals surface area contributed by atoms with Crippen LogP contribution in [0.3, 0.4) is 0 Å². The van der Waals surface area contributed by atoms with Crippen molar-refractivity contribution in [3.05, 3.63) is 108 Å². The smallest absolute Gasteiger partial charge is 0.301 e. The lowest BCUT2D eigenvalue weighted by Crippen LogP contribution is -2.39. The second-order valence-electron chi connectivity index (χ2n) is 12.0. The molecule has 240 valence electrons. The van der Waals surface area contributed by atoms with Gasteiger partial charge in [0, 0.05) is 54.9 Å². The third-order valence-electron chi connectivity index (χ3n) is 9.31. The molecule has 3 aliphatic carbocycles. The number of para-hydroxylation sites is 1. The molecule has 1 heterocycles. The lowest BCUT2D eigenvalue weighted by Gasteiger charge is -2.42. The Hall–Kier alpha value is -5.24. The van der Waals surface area contributed by atoms with E-state index in [9.17, 15) is 44.5 Å². The van der Waals surface area contributed by atoms with Crippen LogP contribution in [-0.4, -0.2) is 52.4 Å². The number of Topliss-reactive ketones (excluding diaryl/α,β-unsaturated/α-hetero) is 1. The molecule has 4 aliphatic rings. The summed E-state index contributed by atoms with van der Waals surface area (Å²) in [6, 6.07) is 7.03. The number of carbonyl (C=O) groups excluding carboxylic acids is 4. The van der Waals surface area contributed by atoms with E-state index in [-0.39, 0.29) is 45.6 Å². The normalized spacial score (nSPS) is 23.5. The summed E-state index contributed by atoms with van der Waals surface area (Å²) in [5.41, 5.74) is -0.0735. The summed E-state index contributed by atoms with van der Waals surface area (Å²) in [6.07, 6.45) is 4.91. The van der Waals surface area contributed by atoms with Crippen molar-refractivity contribution in [1.29, 1.82) is 0 Å². The fourth-order valence-electron chi connectivity index (χ4n) is 7.44. The summed E-state index contributed by atoms with van der Waals surface area (Å²) in [7, 11) is 2.81. The van der Waals surface area contributed by atoms with Crippen molar-refractivity contribution in [2.45, 2.75) is 25.2 Å². The van der Waals surface area contributed by atoms with E-state index < -0.39 is 68.3 Å². The average Bonchev–Trinajstić information content (AvgIpc) is 3.28. The zero-order chi connectivity index (χ0) is 34.1. The fraction of sp³-hybridized carbons (Fsp3) is 0.273. The number of anilines is 2. The number of carbonyl (C=O) groups is 4. The Morgan fingerprint density at radius 3 is 2.32 bits per heavy atom. The van der Waals surface area contributed by atoms with Crippen LogP contribution in [-0.2, 0) is 25.6 Å². The molecule has 2 aromatic carbocycles. The number of halogens is 1. The Balaban J connectivity index is 1.50. The average molecular weight is 704 g/mol. The second kappa shape index (κ2) is 11.5. The Morgan fingerprint density at radius 2 is 1.72 bits per heavy atom. The number of fused-ring (bicyclic) bond motifs is 3. The molecule has 1 N–H and O–H groups in total. The molecular formula is C33H27BrN4O9. The molecule has 4 atom stereocenters. The zero-order valence-corrected chi connectivity index (χ0v) is 26.7. The molecule has 0 bridgehead atoms. The van der Waals surface area contributed by atoms with Crippen LogP contribution >= 0.6 is 15.9 Å². The number of phenols is 1. The molecule has 0 saturated carbocycles. The number of nitro benzene ring substituents is 2. The van der Waals surface area contributed by atoms with Crippen molar-refractivity contribution in [2.75, 3.05) is 23.9 Å². The maximum absolute atomic E-state index is 14.3. The lowest BCUT2D eigenvalue weighted by atomic mass is 9.59. The number of imide groups is 1. The predicted molar refractivity (Wildman–Crippen MR) is 173 cm³/mol. The quantitative estimate of drug-likeness (QED) is 0.136. The highest BCUT2D eigenvalue weighted by Gasteiger charge is 2.57. The SMILES string of the molecule is C=CCc1cccc([C@H]2C3=CC[C@@H]4C(=O)N(c5cc([N+](=O)[O-])c(N(C)C)c([N+](=O)[O-])c5)C(=O)[C@@H]4[C@@H]3CC3=C2C(=O)C=C(Br)C3=O)c1O. The molecule has 14 heteroatoms. The fourth-order valence-corrected chi connectivity index (χ4v) is 7.88. The van der Waals surface area contributed by atoms with E-state index >= 15 is 0 Å². The van der Waals surface area contributed by atoms with Gasteiger partial charge in [0.05, 0.1) is 31.9 Å². The molecule has 0 unspecified atom stereocenters. The van der Waals surface area contributed by atoms with Gasteiger partial charge in [-0.25, -0.2) is 4.90 Å². The van der Waals surface area contributed by atoms with Gasteiger partial charge in [-0.15, -0.1) is 6.58 Å². The summed E-state index contributed by atoms with van der Waals surface area (Å²) >= 11 is 3.18.